The normalized spacial score (nSPS) is 11.0. The second-order valence-corrected chi connectivity index (χ2v) is 5.60. The number of nitrogens with two attached hydrogens (primary N) is 1. The first-order valence-corrected chi connectivity index (χ1v) is 7.22. The lowest BCUT2D eigenvalue weighted by Crippen LogP contribution is -2.06. The standard InChI is InChI=1S/C18H22FNO/c1-12(2)17-7-4-13(3)8-18(17)21-11-14-5-6-16(19)9-15(14)10-20/h4-9,12H,10-11,20H2,1-3H3. The monoisotopic (exact) mass is 287 g/mol. The molecular weight excluding hydrogens is 265 g/mol. The lowest BCUT2D eigenvalue weighted by Gasteiger charge is -2.16. The number of hydrogen-bond acceptors (Lipinski definition) is 2. The van der Waals surface area contributed by atoms with E-state index in [1.807, 2.05) is 13.0 Å². The highest BCUT2D eigenvalue weighted by Crippen LogP contribution is 2.28. The van der Waals surface area contributed by atoms with Crippen LogP contribution >= 0.6 is 0 Å². The van der Waals surface area contributed by atoms with Crippen LogP contribution in [0.3, 0.4) is 0 Å². The van der Waals surface area contributed by atoms with Gasteiger partial charge in [0.1, 0.15) is 18.2 Å². The summed E-state index contributed by atoms with van der Waals surface area (Å²) in [5, 5.41) is 0. The molecule has 0 aliphatic heterocycles. The van der Waals surface area contributed by atoms with Gasteiger partial charge in [0.15, 0.2) is 0 Å². The maximum atomic E-state index is 13.2. The van der Waals surface area contributed by atoms with E-state index in [4.69, 9.17) is 10.5 Å². The summed E-state index contributed by atoms with van der Waals surface area (Å²) >= 11 is 0. The summed E-state index contributed by atoms with van der Waals surface area (Å²) < 4.78 is 19.2. The SMILES string of the molecule is Cc1ccc(C(C)C)c(OCc2ccc(F)cc2CN)c1. The maximum absolute atomic E-state index is 13.2. The number of benzene rings is 2. The van der Waals surface area contributed by atoms with Crippen LogP contribution in [0.25, 0.3) is 0 Å². The molecule has 0 bridgehead atoms. The highest BCUT2D eigenvalue weighted by Gasteiger charge is 2.10. The van der Waals surface area contributed by atoms with E-state index in [9.17, 15) is 4.39 Å². The van der Waals surface area contributed by atoms with Crippen LogP contribution in [0.5, 0.6) is 5.75 Å². The van der Waals surface area contributed by atoms with Crippen molar-refractivity contribution < 1.29 is 9.13 Å². The molecule has 3 heteroatoms. The molecule has 0 atom stereocenters. The van der Waals surface area contributed by atoms with Crippen molar-refractivity contribution in [3.8, 4) is 5.75 Å². The summed E-state index contributed by atoms with van der Waals surface area (Å²) in [7, 11) is 0. The quantitative estimate of drug-likeness (QED) is 0.890. The second-order valence-electron chi connectivity index (χ2n) is 5.60. The topological polar surface area (TPSA) is 35.2 Å². The fourth-order valence-electron chi connectivity index (χ4n) is 2.32. The molecule has 0 aromatic heterocycles. The lowest BCUT2D eigenvalue weighted by atomic mass is 10.0. The molecule has 21 heavy (non-hydrogen) atoms. The van der Waals surface area contributed by atoms with Crippen molar-refractivity contribution in [3.63, 3.8) is 0 Å². The summed E-state index contributed by atoms with van der Waals surface area (Å²) in [5.74, 6) is 1.01. The molecule has 2 aromatic rings. The minimum atomic E-state index is -0.266. The molecule has 0 saturated heterocycles. The summed E-state index contributed by atoms with van der Waals surface area (Å²) in [6.45, 7) is 7.03. The fourth-order valence-corrected chi connectivity index (χ4v) is 2.32. The minimum absolute atomic E-state index is 0.266. The van der Waals surface area contributed by atoms with E-state index < -0.39 is 0 Å². The number of halogens is 1. The van der Waals surface area contributed by atoms with Crippen LogP contribution in [0.2, 0.25) is 0 Å². The van der Waals surface area contributed by atoms with E-state index in [0.29, 0.717) is 19.1 Å². The Morgan fingerprint density at radius 1 is 1.10 bits per heavy atom. The van der Waals surface area contributed by atoms with Crippen molar-refractivity contribution in [1.82, 2.24) is 0 Å². The van der Waals surface area contributed by atoms with E-state index >= 15 is 0 Å². The molecule has 0 radical (unpaired) electrons. The fraction of sp³-hybridized carbons (Fsp3) is 0.333. The predicted octanol–water partition coefficient (Wildman–Crippen LogP) is 4.30. The van der Waals surface area contributed by atoms with Gasteiger partial charge >= 0.3 is 0 Å². The van der Waals surface area contributed by atoms with Gasteiger partial charge in [-0.2, -0.15) is 0 Å². The van der Waals surface area contributed by atoms with E-state index in [1.165, 1.54) is 17.7 Å². The first kappa shape index (κ1) is 15.5. The zero-order chi connectivity index (χ0) is 15.4. The molecule has 2 rings (SSSR count). The molecule has 0 heterocycles. The number of rotatable bonds is 5. The molecule has 0 fully saturated rings. The Balaban J connectivity index is 2.22. The van der Waals surface area contributed by atoms with Crippen LogP contribution in [0.15, 0.2) is 36.4 Å². The molecule has 2 aromatic carbocycles. The molecular formula is C18H22FNO. The number of ether oxygens (including phenoxy) is 1. The minimum Gasteiger partial charge on any atom is -0.489 e. The molecule has 2 nitrogen and oxygen atoms in total. The van der Waals surface area contributed by atoms with Gasteiger partial charge < -0.3 is 10.5 Å². The molecule has 0 aliphatic carbocycles. The van der Waals surface area contributed by atoms with Gasteiger partial charge in [-0.25, -0.2) is 4.39 Å². The smallest absolute Gasteiger partial charge is 0.123 e. The van der Waals surface area contributed by atoms with E-state index in [2.05, 4.69) is 26.0 Å². The zero-order valence-electron chi connectivity index (χ0n) is 12.8. The van der Waals surface area contributed by atoms with Gasteiger partial charge in [-0.1, -0.05) is 32.0 Å². The Kier molecular flexibility index (Phi) is 4.97. The van der Waals surface area contributed by atoms with Gasteiger partial charge in [-0.3, -0.25) is 0 Å². The first-order valence-electron chi connectivity index (χ1n) is 7.22. The highest BCUT2D eigenvalue weighted by molar-refractivity contribution is 5.39. The summed E-state index contributed by atoms with van der Waals surface area (Å²) in [6.07, 6.45) is 0. The average molecular weight is 287 g/mol. The maximum Gasteiger partial charge on any atom is 0.123 e. The Hall–Kier alpha value is -1.87. The van der Waals surface area contributed by atoms with Crippen LogP contribution in [0.4, 0.5) is 4.39 Å². The number of hydrogen-bond donors (Lipinski definition) is 1. The van der Waals surface area contributed by atoms with Crippen molar-refractivity contribution >= 4 is 0 Å². The molecule has 0 aliphatic rings. The van der Waals surface area contributed by atoms with Crippen LogP contribution in [0, 0.1) is 12.7 Å². The third-order valence-electron chi connectivity index (χ3n) is 3.56. The molecule has 0 spiro atoms. The first-order chi connectivity index (χ1) is 10.0. The van der Waals surface area contributed by atoms with E-state index in [1.54, 1.807) is 6.07 Å². The highest BCUT2D eigenvalue weighted by atomic mass is 19.1. The molecule has 0 unspecified atom stereocenters. The van der Waals surface area contributed by atoms with Crippen molar-refractivity contribution in [1.29, 1.82) is 0 Å². The number of aryl methyl sites for hydroxylation is 1. The average Bonchev–Trinajstić information content (AvgIpc) is 2.45. The second kappa shape index (κ2) is 6.72. The van der Waals surface area contributed by atoms with Crippen LogP contribution in [-0.2, 0) is 13.2 Å². The lowest BCUT2D eigenvalue weighted by molar-refractivity contribution is 0.300. The van der Waals surface area contributed by atoms with Crippen molar-refractivity contribution in [2.75, 3.05) is 0 Å². The van der Waals surface area contributed by atoms with Crippen molar-refractivity contribution in [2.45, 2.75) is 39.8 Å². The molecule has 0 amide bonds. The van der Waals surface area contributed by atoms with Gasteiger partial charge in [0.05, 0.1) is 0 Å². The third-order valence-corrected chi connectivity index (χ3v) is 3.56. The van der Waals surface area contributed by atoms with Crippen LogP contribution < -0.4 is 10.5 Å². The molecule has 0 saturated carbocycles. The van der Waals surface area contributed by atoms with Gasteiger partial charge in [-0.05, 0) is 53.3 Å². The Bertz CT molecular complexity index is 623. The van der Waals surface area contributed by atoms with Crippen LogP contribution in [0.1, 0.15) is 42.0 Å². The Labute approximate surface area is 125 Å². The largest absolute Gasteiger partial charge is 0.489 e. The third kappa shape index (κ3) is 3.82. The predicted molar refractivity (Wildman–Crippen MR) is 83.9 cm³/mol. The summed E-state index contributed by atoms with van der Waals surface area (Å²) in [4.78, 5) is 0. The van der Waals surface area contributed by atoms with Crippen LogP contribution in [-0.4, -0.2) is 0 Å². The zero-order valence-corrected chi connectivity index (χ0v) is 12.8. The van der Waals surface area contributed by atoms with E-state index in [0.717, 1.165) is 22.4 Å². The molecule has 2 N–H and O–H groups in total. The van der Waals surface area contributed by atoms with Gasteiger partial charge in [-0.15, -0.1) is 0 Å². The van der Waals surface area contributed by atoms with E-state index in [-0.39, 0.29) is 5.82 Å². The summed E-state index contributed by atoms with van der Waals surface area (Å²) in [5.41, 5.74) is 9.72. The van der Waals surface area contributed by atoms with Crippen molar-refractivity contribution in [2.24, 2.45) is 5.73 Å². The summed E-state index contributed by atoms with van der Waals surface area (Å²) in [6, 6.07) is 10.9. The van der Waals surface area contributed by atoms with Gasteiger partial charge in [0, 0.05) is 6.54 Å². The Morgan fingerprint density at radius 3 is 2.52 bits per heavy atom. The van der Waals surface area contributed by atoms with Gasteiger partial charge in [0.25, 0.3) is 0 Å². The molecule has 112 valence electrons. The van der Waals surface area contributed by atoms with Gasteiger partial charge in [0.2, 0.25) is 0 Å². The Morgan fingerprint density at radius 2 is 1.86 bits per heavy atom. The van der Waals surface area contributed by atoms with Crippen molar-refractivity contribution in [3.05, 3.63) is 64.5 Å².